The van der Waals surface area contributed by atoms with Crippen LogP contribution in [0.25, 0.3) is 0 Å². The average molecular weight is 357 g/mol. The second-order valence-electron chi connectivity index (χ2n) is 7.27. The zero-order valence-corrected chi connectivity index (χ0v) is 15.9. The number of carbonyl (C=O) groups excluding carboxylic acids is 3. The summed E-state index contributed by atoms with van der Waals surface area (Å²) in [6, 6.07) is -0.400. The van der Waals surface area contributed by atoms with Gasteiger partial charge in [-0.25, -0.2) is 4.79 Å². The van der Waals surface area contributed by atoms with Crippen LogP contribution in [0.1, 0.15) is 46.5 Å². The predicted octanol–water partition coefficient (Wildman–Crippen LogP) is 1.04. The number of rotatable bonds is 8. The molecule has 1 aliphatic rings. The molecule has 0 aliphatic carbocycles. The Labute approximate surface area is 149 Å². The quantitative estimate of drug-likeness (QED) is 0.498. The minimum atomic E-state index is -0.519. The first-order valence-corrected chi connectivity index (χ1v) is 8.66. The second kappa shape index (κ2) is 9.72. The van der Waals surface area contributed by atoms with E-state index in [1.165, 1.54) is 11.9 Å². The zero-order chi connectivity index (χ0) is 19.0. The molecule has 1 saturated heterocycles. The smallest absolute Gasteiger partial charge is 0.407 e. The molecule has 0 saturated carbocycles. The van der Waals surface area contributed by atoms with Crippen LogP contribution < -0.4 is 10.6 Å². The lowest BCUT2D eigenvalue weighted by molar-refractivity contribution is -0.148. The molecule has 1 heterocycles. The average Bonchev–Trinajstić information content (AvgIpc) is 2.50. The molecule has 1 rings (SSSR count). The van der Waals surface area contributed by atoms with Crippen molar-refractivity contribution in [3.63, 3.8) is 0 Å². The Morgan fingerprint density at radius 2 is 2.04 bits per heavy atom. The summed E-state index contributed by atoms with van der Waals surface area (Å²) in [7, 11) is 3.11. The SMILES string of the molecule is COCC(CCCNC(=O)OC(C)(C)C)NC1CCC(=O)N(C)C1=O. The number of hydrogen-bond acceptors (Lipinski definition) is 6. The van der Waals surface area contributed by atoms with Gasteiger partial charge in [-0.15, -0.1) is 0 Å². The van der Waals surface area contributed by atoms with Gasteiger partial charge in [-0.3, -0.25) is 14.5 Å². The number of hydrogen-bond donors (Lipinski definition) is 2. The maximum atomic E-state index is 12.2. The molecular weight excluding hydrogens is 326 g/mol. The van der Waals surface area contributed by atoms with E-state index in [1.807, 2.05) is 20.8 Å². The van der Waals surface area contributed by atoms with E-state index in [4.69, 9.17) is 9.47 Å². The number of nitrogens with one attached hydrogen (secondary N) is 2. The van der Waals surface area contributed by atoms with Crippen LogP contribution in [0.15, 0.2) is 0 Å². The molecule has 0 radical (unpaired) electrons. The molecule has 0 spiro atoms. The predicted molar refractivity (Wildman–Crippen MR) is 93.1 cm³/mol. The number of alkyl carbamates (subject to hydrolysis) is 1. The first-order valence-electron chi connectivity index (χ1n) is 8.66. The number of piperidine rings is 1. The summed E-state index contributed by atoms with van der Waals surface area (Å²) in [6.45, 7) is 6.37. The van der Waals surface area contributed by atoms with Gasteiger partial charge in [0.25, 0.3) is 0 Å². The molecule has 8 heteroatoms. The highest BCUT2D eigenvalue weighted by Gasteiger charge is 2.32. The van der Waals surface area contributed by atoms with Gasteiger partial charge in [0.2, 0.25) is 11.8 Å². The molecule has 0 aromatic carbocycles. The highest BCUT2D eigenvalue weighted by molar-refractivity contribution is 6.00. The van der Waals surface area contributed by atoms with Crippen LogP contribution in [0.4, 0.5) is 4.79 Å². The Hall–Kier alpha value is -1.67. The Balaban J connectivity index is 2.38. The summed E-state index contributed by atoms with van der Waals surface area (Å²) < 4.78 is 10.4. The molecule has 0 aromatic rings. The zero-order valence-electron chi connectivity index (χ0n) is 15.9. The molecule has 2 unspecified atom stereocenters. The maximum absolute atomic E-state index is 12.2. The molecule has 0 bridgehead atoms. The third kappa shape index (κ3) is 7.83. The van der Waals surface area contributed by atoms with Crippen LogP contribution in [-0.2, 0) is 19.1 Å². The van der Waals surface area contributed by atoms with Crippen LogP contribution >= 0.6 is 0 Å². The van der Waals surface area contributed by atoms with E-state index in [-0.39, 0.29) is 23.9 Å². The van der Waals surface area contributed by atoms with Gasteiger partial charge in [-0.05, 0) is 40.0 Å². The number of imide groups is 1. The van der Waals surface area contributed by atoms with Gasteiger partial charge in [-0.2, -0.15) is 0 Å². The lowest BCUT2D eigenvalue weighted by Crippen LogP contribution is -2.54. The van der Waals surface area contributed by atoms with Crippen LogP contribution in [0.5, 0.6) is 0 Å². The Morgan fingerprint density at radius 3 is 2.64 bits per heavy atom. The summed E-state index contributed by atoms with van der Waals surface area (Å²) >= 11 is 0. The van der Waals surface area contributed by atoms with E-state index in [1.54, 1.807) is 7.11 Å². The van der Waals surface area contributed by atoms with E-state index in [2.05, 4.69) is 10.6 Å². The van der Waals surface area contributed by atoms with E-state index in [9.17, 15) is 14.4 Å². The van der Waals surface area contributed by atoms with Crippen LogP contribution in [0.2, 0.25) is 0 Å². The van der Waals surface area contributed by atoms with Gasteiger partial charge in [0.15, 0.2) is 0 Å². The normalized spacial score (nSPS) is 19.7. The van der Waals surface area contributed by atoms with Crippen LogP contribution in [0, 0.1) is 0 Å². The fourth-order valence-corrected chi connectivity index (χ4v) is 2.62. The molecule has 8 nitrogen and oxygen atoms in total. The number of likely N-dealkylation sites (tertiary alicyclic amines) is 1. The second-order valence-corrected chi connectivity index (χ2v) is 7.27. The van der Waals surface area contributed by atoms with E-state index in [0.717, 1.165) is 12.8 Å². The Bertz CT molecular complexity index is 475. The van der Waals surface area contributed by atoms with Gasteiger partial charge in [0, 0.05) is 33.2 Å². The molecule has 0 aromatic heterocycles. The largest absolute Gasteiger partial charge is 0.444 e. The number of amides is 3. The summed E-state index contributed by atoms with van der Waals surface area (Å²) in [5, 5.41) is 5.98. The molecule has 144 valence electrons. The molecule has 25 heavy (non-hydrogen) atoms. The first kappa shape index (κ1) is 21.4. The number of carbonyl (C=O) groups is 3. The lowest BCUT2D eigenvalue weighted by atomic mass is 10.0. The van der Waals surface area contributed by atoms with Crippen molar-refractivity contribution in [1.29, 1.82) is 0 Å². The molecule has 2 N–H and O–H groups in total. The Morgan fingerprint density at radius 1 is 1.36 bits per heavy atom. The van der Waals surface area contributed by atoms with E-state index in [0.29, 0.717) is 26.0 Å². The van der Waals surface area contributed by atoms with Crippen molar-refractivity contribution in [2.75, 3.05) is 27.3 Å². The van der Waals surface area contributed by atoms with E-state index < -0.39 is 11.7 Å². The highest BCUT2D eigenvalue weighted by Crippen LogP contribution is 2.13. The summed E-state index contributed by atoms with van der Waals surface area (Å²) in [4.78, 5) is 36.5. The molecule has 2 atom stereocenters. The molecule has 3 amide bonds. The Kier molecular flexibility index (Phi) is 8.31. The van der Waals surface area contributed by atoms with Crippen molar-refractivity contribution in [3.05, 3.63) is 0 Å². The van der Waals surface area contributed by atoms with E-state index >= 15 is 0 Å². The monoisotopic (exact) mass is 357 g/mol. The van der Waals surface area contributed by atoms with Gasteiger partial charge in [-0.1, -0.05) is 0 Å². The molecule has 1 fully saturated rings. The fourth-order valence-electron chi connectivity index (χ4n) is 2.62. The van der Waals surface area contributed by atoms with Gasteiger partial charge < -0.3 is 20.1 Å². The topological polar surface area (TPSA) is 97.0 Å². The van der Waals surface area contributed by atoms with Crippen LogP contribution in [-0.4, -0.2) is 67.8 Å². The summed E-state index contributed by atoms with van der Waals surface area (Å²) in [6.07, 6.45) is 1.87. The number of nitrogens with zero attached hydrogens (tertiary/aromatic N) is 1. The number of ether oxygens (including phenoxy) is 2. The summed E-state index contributed by atoms with van der Waals surface area (Å²) in [5.74, 6) is -0.350. The van der Waals surface area contributed by atoms with Crippen molar-refractivity contribution in [2.24, 2.45) is 0 Å². The van der Waals surface area contributed by atoms with Crippen molar-refractivity contribution < 1.29 is 23.9 Å². The number of methoxy groups -OCH3 is 1. The lowest BCUT2D eigenvalue weighted by Gasteiger charge is -2.31. The third-order valence-corrected chi connectivity index (χ3v) is 3.85. The van der Waals surface area contributed by atoms with Gasteiger partial charge in [0.05, 0.1) is 12.6 Å². The number of likely N-dealkylation sites (N-methyl/N-ethyl adjacent to an activating group) is 1. The minimum Gasteiger partial charge on any atom is -0.444 e. The van der Waals surface area contributed by atoms with Crippen molar-refractivity contribution >= 4 is 17.9 Å². The molecular formula is C17H31N3O5. The summed E-state index contributed by atoms with van der Waals surface area (Å²) in [5.41, 5.74) is -0.519. The minimum absolute atomic E-state index is 0.0269. The highest BCUT2D eigenvalue weighted by atomic mass is 16.6. The van der Waals surface area contributed by atoms with Gasteiger partial charge in [0.1, 0.15) is 5.60 Å². The molecule has 1 aliphatic heterocycles. The third-order valence-electron chi connectivity index (χ3n) is 3.85. The fraction of sp³-hybridized carbons (Fsp3) is 0.824. The van der Waals surface area contributed by atoms with Crippen molar-refractivity contribution in [2.45, 2.75) is 64.1 Å². The maximum Gasteiger partial charge on any atom is 0.407 e. The first-order chi connectivity index (χ1) is 11.6. The van der Waals surface area contributed by atoms with Crippen molar-refractivity contribution in [3.8, 4) is 0 Å². The van der Waals surface area contributed by atoms with Crippen LogP contribution in [0.3, 0.4) is 0 Å². The van der Waals surface area contributed by atoms with Gasteiger partial charge >= 0.3 is 6.09 Å². The standard InChI is InChI=1S/C17H31N3O5/c1-17(2,3)25-16(23)18-10-6-7-12(11-24-5)19-13-8-9-14(21)20(4)15(13)22/h12-13,19H,6-11H2,1-5H3,(H,18,23). The van der Waals surface area contributed by atoms with Crippen molar-refractivity contribution in [1.82, 2.24) is 15.5 Å².